The number of nitrogens with zero attached hydrogens (tertiary/aromatic N) is 1. The van der Waals surface area contributed by atoms with Gasteiger partial charge in [0.15, 0.2) is 0 Å². The van der Waals surface area contributed by atoms with E-state index in [4.69, 9.17) is 18.0 Å². The van der Waals surface area contributed by atoms with Gasteiger partial charge in [0.1, 0.15) is 0 Å². The quantitative estimate of drug-likeness (QED) is 0.616. The van der Waals surface area contributed by atoms with Crippen LogP contribution in [0.5, 0.6) is 0 Å². The van der Waals surface area contributed by atoms with Gasteiger partial charge in [-0.2, -0.15) is 0 Å². The van der Waals surface area contributed by atoms with Gasteiger partial charge in [0.2, 0.25) is 0 Å². The summed E-state index contributed by atoms with van der Waals surface area (Å²) in [6.07, 6.45) is 3.11. The highest BCUT2D eigenvalue weighted by atomic mass is 79.9. The van der Waals surface area contributed by atoms with Crippen molar-refractivity contribution in [3.8, 4) is 0 Å². The van der Waals surface area contributed by atoms with E-state index in [1.807, 2.05) is 0 Å². The second-order valence-electron chi connectivity index (χ2n) is 3.89. The first-order valence-corrected chi connectivity index (χ1v) is 7.36. The molecule has 0 amide bonds. The van der Waals surface area contributed by atoms with Crippen molar-refractivity contribution < 1.29 is 0 Å². The standard InChI is InChI=1S/C11H17BrN2S2/c1-14(5-3-2-4-11(13)15)7-10-6-9(12)8-16-10/h6,8H,2-5,7H2,1H3,(H2,13,15). The molecule has 0 bridgehead atoms. The molecule has 1 rings (SSSR count). The molecule has 1 aromatic rings. The summed E-state index contributed by atoms with van der Waals surface area (Å²) in [5.41, 5.74) is 5.45. The Bertz CT molecular complexity index is 338. The van der Waals surface area contributed by atoms with Gasteiger partial charge >= 0.3 is 0 Å². The summed E-state index contributed by atoms with van der Waals surface area (Å²) in [6, 6.07) is 2.18. The van der Waals surface area contributed by atoms with Crippen LogP contribution >= 0.6 is 39.5 Å². The second kappa shape index (κ2) is 7.37. The minimum Gasteiger partial charge on any atom is -0.393 e. The van der Waals surface area contributed by atoms with Gasteiger partial charge in [-0.25, -0.2) is 0 Å². The minimum absolute atomic E-state index is 0.629. The summed E-state index contributed by atoms with van der Waals surface area (Å²) in [6.45, 7) is 2.11. The molecule has 90 valence electrons. The molecule has 0 unspecified atom stereocenters. The lowest BCUT2D eigenvalue weighted by Crippen LogP contribution is -2.19. The van der Waals surface area contributed by atoms with Crippen LogP contribution in [0.2, 0.25) is 0 Å². The Hall–Kier alpha value is 0.0300. The first kappa shape index (κ1) is 14.1. The maximum atomic E-state index is 5.45. The molecule has 0 atom stereocenters. The number of rotatable bonds is 7. The normalized spacial score (nSPS) is 10.9. The zero-order chi connectivity index (χ0) is 12.0. The smallest absolute Gasteiger partial charge is 0.0727 e. The fourth-order valence-electron chi connectivity index (χ4n) is 1.46. The van der Waals surface area contributed by atoms with Crippen LogP contribution in [0.4, 0.5) is 0 Å². The number of thiocarbonyl (C=S) groups is 1. The highest BCUT2D eigenvalue weighted by molar-refractivity contribution is 9.10. The van der Waals surface area contributed by atoms with Crippen molar-refractivity contribution in [2.24, 2.45) is 5.73 Å². The lowest BCUT2D eigenvalue weighted by atomic mass is 10.2. The largest absolute Gasteiger partial charge is 0.393 e. The molecule has 0 spiro atoms. The van der Waals surface area contributed by atoms with Crippen LogP contribution in [0.15, 0.2) is 15.9 Å². The maximum absolute atomic E-state index is 5.45. The maximum Gasteiger partial charge on any atom is 0.0727 e. The van der Waals surface area contributed by atoms with Crippen molar-refractivity contribution >= 4 is 44.5 Å². The van der Waals surface area contributed by atoms with Crippen molar-refractivity contribution in [2.75, 3.05) is 13.6 Å². The van der Waals surface area contributed by atoms with Gasteiger partial charge in [-0.1, -0.05) is 12.2 Å². The van der Waals surface area contributed by atoms with Crippen molar-refractivity contribution in [3.63, 3.8) is 0 Å². The van der Waals surface area contributed by atoms with E-state index >= 15 is 0 Å². The number of hydrogen-bond donors (Lipinski definition) is 1. The Morgan fingerprint density at radius 2 is 2.31 bits per heavy atom. The summed E-state index contributed by atoms with van der Waals surface area (Å²) in [4.78, 5) is 4.35. The SMILES string of the molecule is CN(CCCCC(N)=S)Cc1cc(Br)cs1. The van der Waals surface area contributed by atoms with E-state index in [0.717, 1.165) is 32.4 Å². The monoisotopic (exact) mass is 320 g/mol. The molecule has 0 saturated carbocycles. The van der Waals surface area contributed by atoms with Crippen LogP contribution < -0.4 is 5.73 Å². The molecule has 1 aromatic heterocycles. The topological polar surface area (TPSA) is 29.3 Å². The zero-order valence-corrected chi connectivity index (χ0v) is 12.6. The van der Waals surface area contributed by atoms with Crippen molar-refractivity contribution in [3.05, 3.63) is 20.8 Å². The summed E-state index contributed by atoms with van der Waals surface area (Å²) in [5.74, 6) is 0. The fourth-order valence-corrected chi connectivity index (χ4v) is 3.14. The molecule has 0 saturated heterocycles. The lowest BCUT2D eigenvalue weighted by molar-refractivity contribution is 0.322. The first-order valence-electron chi connectivity index (χ1n) is 5.27. The predicted octanol–water partition coefficient (Wildman–Crippen LogP) is 3.40. The van der Waals surface area contributed by atoms with Crippen LogP contribution in [0.1, 0.15) is 24.1 Å². The van der Waals surface area contributed by atoms with Crippen molar-refractivity contribution in [2.45, 2.75) is 25.8 Å². The third-order valence-corrected chi connectivity index (χ3v) is 4.15. The summed E-state index contributed by atoms with van der Waals surface area (Å²) in [7, 11) is 2.15. The Morgan fingerprint density at radius 1 is 1.56 bits per heavy atom. The Balaban J connectivity index is 2.16. The van der Waals surface area contributed by atoms with Crippen LogP contribution in [0.3, 0.4) is 0 Å². The molecule has 0 aliphatic carbocycles. The first-order chi connectivity index (χ1) is 7.58. The van der Waals surface area contributed by atoms with E-state index in [0.29, 0.717) is 4.99 Å². The van der Waals surface area contributed by atoms with Crippen LogP contribution in [0.25, 0.3) is 0 Å². The van der Waals surface area contributed by atoms with Crippen LogP contribution in [-0.4, -0.2) is 23.5 Å². The molecule has 1 heterocycles. The van der Waals surface area contributed by atoms with Gasteiger partial charge in [0, 0.05) is 21.3 Å². The number of nitrogens with two attached hydrogens (primary N) is 1. The van der Waals surface area contributed by atoms with E-state index in [1.165, 1.54) is 9.35 Å². The van der Waals surface area contributed by atoms with E-state index in [9.17, 15) is 0 Å². The van der Waals surface area contributed by atoms with Gasteiger partial charge < -0.3 is 10.6 Å². The molecular formula is C11H17BrN2S2. The molecule has 2 nitrogen and oxygen atoms in total. The zero-order valence-electron chi connectivity index (χ0n) is 9.41. The third kappa shape index (κ3) is 5.94. The molecule has 2 N–H and O–H groups in total. The Labute approximate surface area is 115 Å². The minimum atomic E-state index is 0.629. The van der Waals surface area contributed by atoms with Crippen molar-refractivity contribution in [1.29, 1.82) is 0 Å². The van der Waals surface area contributed by atoms with Crippen LogP contribution in [0, 0.1) is 0 Å². The Morgan fingerprint density at radius 3 is 2.88 bits per heavy atom. The second-order valence-corrected chi connectivity index (χ2v) is 6.33. The van der Waals surface area contributed by atoms with Crippen LogP contribution in [-0.2, 0) is 6.54 Å². The van der Waals surface area contributed by atoms with Gasteiger partial charge in [0.25, 0.3) is 0 Å². The van der Waals surface area contributed by atoms with E-state index in [-0.39, 0.29) is 0 Å². The summed E-state index contributed by atoms with van der Waals surface area (Å²) >= 11 is 10.1. The molecule has 0 radical (unpaired) electrons. The molecule has 0 aliphatic heterocycles. The molecular weight excluding hydrogens is 304 g/mol. The molecule has 0 aliphatic rings. The van der Waals surface area contributed by atoms with Gasteiger partial charge in [-0.05, 0) is 54.9 Å². The van der Waals surface area contributed by atoms with Gasteiger partial charge in [-0.15, -0.1) is 11.3 Å². The molecule has 0 aromatic carbocycles. The number of hydrogen-bond acceptors (Lipinski definition) is 3. The van der Waals surface area contributed by atoms with E-state index in [2.05, 4.69) is 39.3 Å². The highest BCUT2D eigenvalue weighted by Crippen LogP contribution is 2.20. The fraction of sp³-hybridized carbons (Fsp3) is 0.545. The highest BCUT2D eigenvalue weighted by Gasteiger charge is 2.02. The average Bonchev–Trinajstić information content (AvgIpc) is 2.58. The molecule has 5 heteroatoms. The van der Waals surface area contributed by atoms with Crippen molar-refractivity contribution in [1.82, 2.24) is 4.90 Å². The van der Waals surface area contributed by atoms with Gasteiger partial charge in [0.05, 0.1) is 4.99 Å². The third-order valence-electron chi connectivity index (χ3n) is 2.26. The van der Waals surface area contributed by atoms with Gasteiger partial charge in [-0.3, -0.25) is 0 Å². The lowest BCUT2D eigenvalue weighted by Gasteiger charge is -2.15. The Kier molecular flexibility index (Phi) is 6.49. The number of halogens is 1. The summed E-state index contributed by atoms with van der Waals surface area (Å²) < 4.78 is 1.18. The predicted molar refractivity (Wildman–Crippen MR) is 79.0 cm³/mol. The number of unbranched alkanes of at least 4 members (excludes halogenated alkanes) is 1. The number of thiophene rings is 1. The van der Waals surface area contributed by atoms with E-state index in [1.54, 1.807) is 11.3 Å². The van der Waals surface area contributed by atoms with E-state index < -0.39 is 0 Å². The molecule has 0 fully saturated rings. The summed E-state index contributed by atoms with van der Waals surface area (Å²) in [5, 5.41) is 2.12. The average molecular weight is 321 g/mol. The molecule has 16 heavy (non-hydrogen) atoms.